The first-order valence-corrected chi connectivity index (χ1v) is 8.40. The Morgan fingerprint density at radius 2 is 1.81 bits per heavy atom. The Hall–Kier alpha value is -2.86. The second kappa shape index (κ2) is 7.58. The summed E-state index contributed by atoms with van der Waals surface area (Å²) >= 11 is 0. The first-order valence-electron chi connectivity index (χ1n) is 8.40. The van der Waals surface area contributed by atoms with Gasteiger partial charge in [-0.3, -0.25) is 4.79 Å². The monoisotopic (exact) mass is 355 g/mol. The zero-order valence-electron chi connectivity index (χ0n) is 14.5. The van der Waals surface area contributed by atoms with Gasteiger partial charge in [0.05, 0.1) is 12.6 Å². The van der Waals surface area contributed by atoms with Gasteiger partial charge in [-0.15, -0.1) is 0 Å². The van der Waals surface area contributed by atoms with Gasteiger partial charge in [0.1, 0.15) is 18.0 Å². The van der Waals surface area contributed by atoms with Crippen LogP contribution in [0.4, 0.5) is 4.79 Å². The maximum atomic E-state index is 12.7. The van der Waals surface area contributed by atoms with E-state index in [1.807, 2.05) is 30.3 Å². The molecule has 0 bridgehead atoms. The van der Waals surface area contributed by atoms with Crippen LogP contribution in [0.3, 0.4) is 0 Å². The van der Waals surface area contributed by atoms with Crippen LogP contribution >= 0.6 is 0 Å². The first kappa shape index (κ1) is 17.9. The van der Waals surface area contributed by atoms with E-state index in [0.717, 1.165) is 11.1 Å². The van der Waals surface area contributed by atoms with Crippen molar-refractivity contribution in [2.45, 2.75) is 31.6 Å². The third-order valence-electron chi connectivity index (χ3n) is 4.30. The van der Waals surface area contributed by atoms with Gasteiger partial charge < -0.3 is 19.9 Å². The first-order chi connectivity index (χ1) is 12.5. The Morgan fingerprint density at radius 3 is 2.42 bits per heavy atom. The molecule has 26 heavy (non-hydrogen) atoms. The average Bonchev–Trinajstić information content (AvgIpc) is 3.40. The molecule has 1 aliphatic heterocycles. The summed E-state index contributed by atoms with van der Waals surface area (Å²) in [6, 6.07) is 15.0. The number of benzene rings is 2. The second-order valence-electron chi connectivity index (χ2n) is 6.51. The predicted octanol–water partition coefficient (Wildman–Crippen LogP) is 2.59. The number of alkyl carbamates (subject to hydrolysis) is 1. The molecule has 0 aromatic heterocycles. The van der Waals surface area contributed by atoms with Crippen LogP contribution in [0.5, 0.6) is 5.75 Å². The van der Waals surface area contributed by atoms with Crippen molar-refractivity contribution in [2.75, 3.05) is 6.61 Å². The molecule has 1 amide bonds. The van der Waals surface area contributed by atoms with Gasteiger partial charge in [-0.2, -0.15) is 0 Å². The number of carbonyl (C=O) groups excluding carboxylic acids is 2. The van der Waals surface area contributed by atoms with E-state index >= 15 is 0 Å². The molecule has 2 aromatic rings. The molecular weight excluding hydrogens is 334 g/mol. The van der Waals surface area contributed by atoms with Crippen molar-refractivity contribution in [3.8, 4) is 5.75 Å². The molecule has 0 saturated carbocycles. The van der Waals surface area contributed by atoms with E-state index in [1.165, 1.54) is 0 Å². The van der Waals surface area contributed by atoms with Crippen LogP contribution in [0.1, 0.15) is 18.1 Å². The highest BCUT2D eigenvalue weighted by molar-refractivity contribution is 5.96. The highest BCUT2D eigenvalue weighted by atomic mass is 16.6. The van der Waals surface area contributed by atoms with Crippen molar-refractivity contribution >= 4 is 11.9 Å². The highest BCUT2D eigenvalue weighted by Gasteiger charge is 2.50. The number of ether oxygens (including phenoxy) is 2. The molecule has 3 rings (SSSR count). The topological polar surface area (TPSA) is 88.2 Å². The average molecular weight is 355 g/mol. The number of carbonyl (C=O) groups is 2. The number of hydrogen-bond donors (Lipinski definition) is 2. The minimum Gasteiger partial charge on any atom is -0.508 e. The third kappa shape index (κ3) is 4.61. The summed E-state index contributed by atoms with van der Waals surface area (Å²) in [5.41, 5.74) is 0.823. The number of nitrogens with one attached hydrogen (secondary N) is 1. The Bertz CT molecular complexity index is 769. The summed E-state index contributed by atoms with van der Waals surface area (Å²) in [4.78, 5) is 24.8. The number of Topliss-reactive ketones (excluding diaryl/α,β-unsaturated/α-hetero) is 1. The van der Waals surface area contributed by atoms with Crippen LogP contribution in [-0.4, -0.2) is 35.2 Å². The van der Waals surface area contributed by atoms with E-state index in [4.69, 9.17) is 9.47 Å². The summed E-state index contributed by atoms with van der Waals surface area (Å²) in [7, 11) is 0. The van der Waals surface area contributed by atoms with Crippen LogP contribution in [0.2, 0.25) is 0 Å². The van der Waals surface area contributed by atoms with Crippen molar-refractivity contribution in [3.63, 3.8) is 0 Å². The number of aromatic hydroxyl groups is 1. The smallest absolute Gasteiger partial charge is 0.408 e. The Balaban J connectivity index is 1.63. The predicted molar refractivity (Wildman–Crippen MR) is 94.7 cm³/mol. The molecule has 6 nitrogen and oxygen atoms in total. The molecule has 1 aliphatic rings. The minimum absolute atomic E-state index is 0.126. The normalized spacial score (nSPS) is 19.4. The lowest BCUT2D eigenvalue weighted by atomic mass is 9.95. The van der Waals surface area contributed by atoms with E-state index in [0.29, 0.717) is 13.0 Å². The lowest BCUT2D eigenvalue weighted by Crippen LogP contribution is -2.47. The molecule has 1 saturated heterocycles. The Kier molecular flexibility index (Phi) is 5.23. The number of epoxide rings is 1. The second-order valence-corrected chi connectivity index (χ2v) is 6.51. The number of amides is 1. The minimum atomic E-state index is -0.853. The summed E-state index contributed by atoms with van der Waals surface area (Å²) in [6.07, 6.45) is -0.367. The largest absolute Gasteiger partial charge is 0.508 e. The molecule has 1 fully saturated rings. The number of ketones is 1. The molecule has 1 heterocycles. The van der Waals surface area contributed by atoms with Gasteiger partial charge in [-0.25, -0.2) is 4.79 Å². The quantitative estimate of drug-likeness (QED) is 0.746. The van der Waals surface area contributed by atoms with Crippen molar-refractivity contribution in [1.29, 1.82) is 0 Å². The Morgan fingerprint density at radius 1 is 1.15 bits per heavy atom. The third-order valence-corrected chi connectivity index (χ3v) is 4.30. The van der Waals surface area contributed by atoms with Gasteiger partial charge in [0.25, 0.3) is 0 Å². The molecule has 2 unspecified atom stereocenters. The molecule has 2 aromatic carbocycles. The molecule has 136 valence electrons. The number of phenolic OH excluding ortho intramolecular Hbond substituents is 1. The summed E-state index contributed by atoms with van der Waals surface area (Å²) in [5.74, 6) is -0.0495. The number of rotatable bonds is 7. The summed E-state index contributed by atoms with van der Waals surface area (Å²) < 4.78 is 10.4. The fourth-order valence-corrected chi connectivity index (χ4v) is 2.60. The van der Waals surface area contributed by atoms with Gasteiger partial charge in [0, 0.05) is 0 Å². The molecular formula is C20H21NO5. The van der Waals surface area contributed by atoms with Gasteiger partial charge in [-0.1, -0.05) is 42.5 Å². The molecule has 0 spiro atoms. The summed E-state index contributed by atoms with van der Waals surface area (Å²) in [5, 5.41) is 12.0. The van der Waals surface area contributed by atoms with Crippen LogP contribution in [0, 0.1) is 0 Å². The highest BCUT2D eigenvalue weighted by Crippen LogP contribution is 2.29. The molecule has 6 heteroatoms. The maximum absolute atomic E-state index is 12.7. The zero-order chi connectivity index (χ0) is 18.6. The SMILES string of the molecule is CC1(C(=O)C(Cc2ccc(O)cc2)NC(=O)OCc2ccccc2)CO1. The van der Waals surface area contributed by atoms with Crippen molar-refractivity contribution in [2.24, 2.45) is 0 Å². The van der Waals surface area contributed by atoms with Gasteiger partial charge in [-0.05, 0) is 36.6 Å². The van der Waals surface area contributed by atoms with E-state index in [1.54, 1.807) is 31.2 Å². The van der Waals surface area contributed by atoms with Crippen LogP contribution in [-0.2, 0) is 27.3 Å². The van der Waals surface area contributed by atoms with E-state index in [2.05, 4.69) is 5.32 Å². The lowest BCUT2D eigenvalue weighted by Gasteiger charge is -2.19. The van der Waals surface area contributed by atoms with Crippen LogP contribution < -0.4 is 5.32 Å². The van der Waals surface area contributed by atoms with Crippen molar-refractivity contribution < 1.29 is 24.2 Å². The van der Waals surface area contributed by atoms with Crippen molar-refractivity contribution in [1.82, 2.24) is 5.32 Å². The molecule has 2 N–H and O–H groups in total. The standard InChI is InChI=1S/C20H21NO5/c1-20(13-26-20)18(23)17(11-14-7-9-16(22)10-8-14)21-19(24)25-12-15-5-3-2-4-6-15/h2-10,17,22H,11-13H2,1H3,(H,21,24). The number of phenols is 1. The zero-order valence-corrected chi connectivity index (χ0v) is 14.5. The molecule has 0 radical (unpaired) electrons. The van der Waals surface area contributed by atoms with E-state index < -0.39 is 17.7 Å². The number of hydrogen-bond acceptors (Lipinski definition) is 5. The molecule has 0 aliphatic carbocycles. The summed E-state index contributed by atoms with van der Waals surface area (Å²) in [6.45, 7) is 2.18. The fourth-order valence-electron chi connectivity index (χ4n) is 2.60. The fraction of sp³-hybridized carbons (Fsp3) is 0.300. The lowest BCUT2D eigenvalue weighted by molar-refractivity contribution is -0.125. The van der Waals surface area contributed by atoms with Gasteiger partial charge in [0.15, 0.2) is 5.78 Å². The van der Waals surface area contributed by atoms with Crippen LogP contribution in [0.25, 0.3) is 0 Å². The van der Waals surface area contributed by atoms with Crippen molar-refractivity contribution in [3.05, 3.63) is 65.7 Å². The van der Waals surface area contributed by atoms with Gasteiger partial charge >= 0.3 is 6.09 Å². The Labute approximate surface area is 151 Å². The van der Waals surface area contributed by atoms with E-state index in [-0.39, 0.29) is 18.1 Å². The van der Waals surface area contributed by atoms with Crippen LogP contribution in [0.15, 0.2) is 54.6 Å². The van der Waals surface area contributed by atoms with Gasteiger partial charge in [0.2, 0.25) is 0 Å². The maximum Gasteiger partial charge on any atom is 0.408 e. The molecule has 2 atom stereocenters. The van der Waals surface area contributed by atoms with E-state index in [9.17, 15) is 14.7 Å².